The first-order valence-electron chi connectivity index (χ1n) is 7.73. The molecule has 0 saturated heterocycles. The van der Waals surface area contributed by atoms with Crippen LogP contribution in [0.5, 0.6) is 0 Å². The summed E-state index contributed by atoms with van der Waals surface area (Å²) in [5.74, 6) is -0.559. The molecule has 0 aliphatic rings. The van der Waals surface area contributed by atoms with Gasteiger partial charge < -0.3 is 4.74 Å². The predicted molar refractivity (Wildman–Crippen MR) is 92.6 cm³/mol. The third-order valence-corrected chi connectivity index (χ3v) is 3.52. The summed E-state index contributed by atoms with van der Waals surface area (Å²) in [7, 11) is 0. The van der Waals surface area contributed by atoms with Gasteiger partial charge in [-0.25, -0.2) is 19.2 Å². The molecule has 8 heteroatoms. The number of rotatable bonds is 4. The number of benzene rings is 1. The molecule has 3 rings (SSSR count). The number of anilines is 1. The van der Waals surface area contributed by atoms with Crippen LogP contribution in [0.4, 0.5) is 14.9 Å². The van der Waals surface area contributed by atoms with Crippen LogP contribution < -0.4 is 10.9 Å². The van der Waals surface area contributed by atoms with Gasteiger partial charge in [0.2, 0.25) is 5.95 Å². The van der Waals surface area contributed by atoms with Gasteiger partial charge in [0.15, 0.2) is 5.82 Å². The lowest BCUT2D eigenvalue weighted by Gasteiger charge is -2.09. The second-order valence-electron chi connectivity index (χ2n) is 5.39. The van der Waals surface area contributed by atoms with E-state index in [2.05, 4.69) is 15.3 Å². The standard InChI is InChI=1S/C18H15FN4O3/c1-12-14(19)10-20-17(21-12)23-9-5-8-15(16(23)24)22-18(25)26-11-13-6-3-2-4-7-13/h2-10H,11H2,1H3,(H,22,25). The lowest BCUT2D eigenvalue weighted by atomic mass is 10.2. The van der Waals surface area contributed by atoms with E-state index in [1.165, 1.54) is 25.3 Å². The Bertz CT molecular complexity index is 989. The molecule has 26 heavy (non-hydrogen) atoms. The molecule has 1 aromatic carbocycles. The van der Waals surface area contributed by atoms with Gasteiger partial charge in [-0.15, -0.1) is 0 Å². The quantitative estimate of drug-likeness (QED) is 0.779. The molecule has 132 valence electrons. The number of aromatic nitrogens is 3. The number of nitrogens with one attached hydrogen (secondary N) is 1. The molecule has 7 nitrogen and oxygen atoms in total. The van der Waals surface area contributed by atoms with E-state index in [0.29, 0.717) is 0 Å². The molecule has 0 radical (unpaired) electrons. The van der Waals surface area contributed by atoms with Crippen LogP contribution in [0.3, 0.4) is 0 Å². The van der Waals surface area contributed by atoms with Crippen molar-refractivity contribution in [3.05, 3.63) is 82.3 Å². The Hall–Kier alpha value is -3.55. The summed E-state index contributed by atoms with van der Waals surface area (Å²) in [4.78, 5) is 32.1. The Balaban J connectivity index is 1.75. The van der Waals surface area contributed by atoms with E-state index in [1.54, 1.807) is 0 Å². The topological polar surface area (TPSA) is 86.1 Å². The second-order valence-corrected chi connectivity index (χ2v) is 5.39. The number of carbonyl (C=O) groups is 1. The molecule has 0 fully saturated rings. The zero-order chi connectivity index (χ0) is 18.5. The third kappa shape index (κ3) is 3.92. The Morgan fingerprint density at radius 1 is 1.23 bits per heavy atom. The van der Waals surface area contributed by atoms with Gasteiger partial charge >= 0.3 is 6.09 Å². The van der Waals surface area contributed by atoms with Crippen molar-refractivity contribution in [3.8, 4) is 5.95 Å². The van der Waals surface area contributed by atoms with Crippen LogP contribution in [0.1, 0.15) is 11.3 Å². The number of aryl methyl sites for hydroxylation is 1. The number of nitrogens with zero attached hydrogens (tertiary/aromatic N) is 3. The highest BCUT2D eigenvalue weighted by atomic mass is 19.1. The second kappa shape index (κ2) is 7.56. The highest BCUT2D eigenvalue weighted by molar-refractivity contribution is 5.84. The third-order valence-electron chi connectivity index (χ3n) is 3.52. The van der Waals surface area contributed by atoms with Crippen LogP contribution in [0.15, 0.2) is 59.7 Å². The maximum absolute atomic E-state index is 13.3. The van der Waals surface area contributed by atoms with Gasteiger partial charge in [-0.05, 0) is 24.6 Å². The van der Waals surface area contributed by atoms with Crippen LogP contribution >= 0.6 is 0 Å². The zero-order valence-electron chi connectivity index (χ0n) is 13.8. The van der Waals surface area contributed by atoms with E-state index in [0.717, 1.165) is 16.3 Å². The van der Waals surface area contributed by atoms with Crippen molar-refractivity contribution in [2.45, 2.75) is 13.5 Å². The molecular weight excluding hydrogens is 339 g/mol. The first kappa shape index (κ1) is 17.3. The van der Waals surface area contributed by atoms with Gasteiger partial charge in [-0.3, -0.25) is 14.7 Å². The van der Waals surface area contributed by atoms with Crippen LogP contribution in [0.25, 0.3) is 5.95 Å². The monoisotopic (exact) mass is 354 g/mol. The fourth-order valence-corrected chi connectivity index (χ4v) is 2.17. The maximum Gasteiger partial charge on any atom is 0.412 e. The predicted octanol–water partition coefficient (Wildman–Crippen LogP) is 2.82. The number of ether oxygens (including phenoxy) is 1. The Morgan fingerprint density at radius 2 is 2.00 bits per heavy atom. The van der Waals surface area contributed by atoms with Crippen molar-refractivity contribution < 1.29 is 13.9 Å². The molecule has 2 aromatic heterocycles. The van der Waals surface area contributed by atoms with Gasteiger partial charge in [0.05, 0.1) is 11.9 Å². The molecule has 2 heterocycles. The van der Waals surface area contributed by atoms with Gasteiger partial charge in [-0.2, -0.15) is 0 Å². The van der Waals surface area contributed by atoms with E-state index in [1.807, 2.05) is 30.3 Å². The number of halogens is 1. The minimum atomic E-state index is -0.764. The van der Waals surface area contributed by atoms with E-state index >= 15 is 0 Å². The molecule has 3 aromatic rings. The largest absolute Gasteiger partial charge is 0.444 e. The van der Waals surface area contributed by atoms with Crippen LogP contribution in [0.2, 0.25) is 0 Å². The summed E-state index contributed by atoms with van der Waals surface area (Å²) < 4.78 is 19.5. The first-order valence-corrected chi connectivity index (χ1v) is 7.73. The van der Waals surface area contributed by atoms with Crippen molar-refractivity contribution in [2.24, 2.45) is 0 Å². The fraction of sp³-hybridized carbons (Fsp3) is 0.111. The highest BCUT2D eigenvalue weighted by Crippen LogP contribution is 2.07. The molecule has 1 N–H and O–H groups in total. The molecule has 0 bridgehead atoms. The fourth-order valence-electron chi connectivity index (χ4n) is 2.17. The lowest BCUT2D eigenvalue weighted by molar-refractivity contribution is 0.155. The summed E-state index contributed by atoms with van der Waals surface area (Å²) in [5, 5.41) is 2.39. The van der Waals surface area contributed by atoms with Gasteiger partial charge in [0, 0.05) is 6.20 Å². The van der Waals surface area contributed by atoms with Gasteiger partial charge in [0.25, 0.3) is 5.56 Å². The van der Waals surface area contributed by atoms with Gasteiger partial charge in [-0.1, -0.05) is 30.3 Å². The minimum absolute atomic E-state index is 0.00357. The zero-order valence-corrected chi connectivity index (χ0v) is 13.8. The number of hydrogen-bond donors (Lipinski definition) is 1. The highest BCUT2D eigenvalue weighted by Gasteiger charge is 2.12. The summed E-state index contributed by atoms with van der Waals surface area (Å²) >= 11 is 0. The summed E-state index contributed by atoms with van der Waals surface area (Å²) in [5.41, 5.74) is 0.372. The molecule has 0 spiro atoms. The van der Waals surface area contributed by atoms with Crippen LogP contribution in [-0.2, 0) is 11.3 Å². The lowest BCUT2D eigenvalue weighted by Crippen LogP contribution is -2.26. The molecule has 1 amide bonds. The van der Waals surface area contributed by atoms with Crippen molar-refractivity contribution in [1.82, 2.24) is 14.5 Å². The normalized spacial score (nSPS) is 10.4. The van der Waals surface area contributed by atoms with Gasteiger partial charge in [0.1, 0.15) is 12.3 Å². The molecule has 0 aliphatic carbocycles. The Labute approximate surface area is 148 Å². The van der Waals surface area contributed by atoms with E-state index in [4.69, 9.17) is 4.74 Å². The number of carbonyl (C=O) groups excluding carboxylic acids is 1. The van der Waals surface area contributed by atoms with E-state index in [-0.39, 0.29) is 23.9 Å². The number of amides is 1. The Morgan fingerprint density at radius 3 is 2.73 bits per heavy atom. The van der Waals surface area contributed by atoms with Crippen molar-refractivity contribution in [2.75, 3.05) is 5.32 Å². The summed E-state index contributed by atoms with van der Waals surface area (Å²) in [6.07, 6.45) is 1.65. The minimum Gasteiger partial charge on any atom is -0.444 e. The van der Waals surface area contributed by atoms with Crippen molar-refractivity contribution in [1.29, 1.82) is 0 Å². The SMILES string of the molecule is Cc1nc(-n2cccc(NC(=O)OCc3ccccc3)c2=O)ncc1F. The number of pyridine rings is 1. The molecule has 0 atom stereocenters. The van der Waals surface area contributed by atoms with E-state index < -0.39 is 17.5 Å². The number of hydrogen-bond acceptors (Lipinski definition) is 5. The Kier molecular flexibility index (Phi) is 5.02. The van der Waals surface area contributed by atoms with Crippen LogP contribution in [-0.4, -0.2) is 20.6 Å². The first-order chi connectivity index (χ1) is 12.5. The average Bonchev–Trinajstić information content (AvgIpc) is 2.65. The van der Waals surface area contributed by atoms with Crippen LogP contribution in [0, 0.1) is 12.7 Å². The molecule has 0 saturated carbocycles. The smallest absolute Gasteiger partial charge is 0.412 e. The molecule has 0 unspecified atom stereocenters. The maximum atomic E-state index is 13.3. The molecular formula is C18H15FN4O3. The van der Waals surface area contributed by atoms with Crippen molar-refractivity contribution in [3.63, 3.8) is 0 Å². The summed E-state index contributed by atoms with van der Waals surface area (Å²) in [6.45, 7) is 1.54. The van der Waals surface area contributed by atoms with E-state index in [9.17, 15) is 14.0 Å². The molecule has 0 aliphatic heterocycles. The average molecular weight is 354 g/mol. The summed E-state index contributed by atoms with van der Waals surface area (Å²) in [6, 6.07) is 12.1. The van der Waals surface area contributed by atoms with Crippen molar-refractivity contribution >= 4 is 11.8 Å².